The lowest BCUT2D eigenvalue weighted by atomic mass is 9.91. The standard InChI is InChI=1S/C29H30FN3O4/c1-16-19-12-9-13-36-26(19)21(30)14-20(16)25-24(27(28(34)35)37-29(3,4)5)17(2)31-23-15-22(32-33(23)25)18-10-7-6-8-11-18/h6-8,10-11,14-15,27H,9,12-13H2,1-5H3,(H,34,35)/t27-/m1/s1. The van der Waals surface area contributed by atoms with E-state index in [1.54, 1.807) is 32.2 Å². The molecule has 0 spiro atoms. The first-order valence-electron chi connectivity index (χ1n) is 12.4. The van der Waals surface area contributed by atoms with Crippen molar-refractivity contribution in [1.82, 2.24) is 14.6 Å². The molecule has 8 heteroatoms. The van der Waals surface area contributed by atoms with E-state index in [4.69, 9.17) is 19.6 Å². The van der Waals surface area contributed by atoms with Gasteiger partial charge >= 0.3 is 5.97 Å². The molecule has 0 aliphatic carbocycles. The summed E-state index contributed by atoms with van der Waals surface area (Å²) in [5.41, 5.74) is 4.76. The third-order valence-corrected chi connectivity index (χ3v) is 6.55. The van der Waals surface area contributed by atoms with Crippen LogP contribution in [-0.2, 0) is 16.0 Å². The Morgan fingerprint density at radius 3 is 2.59 bits per heavy atom. The maximum atomic E-state index is 15.4. The van der Waals surface area contributed by atoms with Gasteiger partial charge in [-0.15, -0.1) is 0 Å². The molecular formula is C29H30FN3O4. The maximum Gasteiger partial charge on any atom is 0.337 e. The Labute approximate surface area is 214 Å². The number of halogens is 1. The summed E-state index contributed by atoms with van der Waals surface area (Å²) in [6, 6.07) is 12.9. The topological polar surface area (TPSA) is 86.0 Å². The van der Waals surface area contributed by atoms with Crippen molar-refractivity contribution in [2.24, 2.45) is 0 Å². The molecule has 2 aromatic heterocycles. The molecule has 3 heterocycles. The lowest BCUT2D eigenvalue weighted by Gasteiger charge is -2.28. The molecule has 4 aromatic rings. The van der Waals surface area contributed by atoms with E-state index in [1.807, 2.05) is 43.3 Å². The van der Waals surface area contributed by atoms with Crippen LogP contribution in [0.15, 0.2) is 42.5 Å². The van der Waals surface area contributed by atoms with Crippen LogP contribution in [0.2, 0.25) is 0 Å². The monoisotopic (exact) mass is 503 g/mol. The fraction of sp³-hybridized carbons (Fsp3) is 0.345. The van der Waals surface area contributed by atoms with Crippen LogP contribution in [-0.4, -0.2) is 37.9 Å². The average molecular weight is 504 g/mol. The molecule has 192 valence electrons. The van der Waals surface area contributed by atoms with Crippen molar-refractivity contribution < 1.29 is 23.8 Å². The highest BCUT2D eigenvalue weighted by molar-refractivity contribution is 5.82. The van der Waals surface area contributed by atoms with Crippen molar-refractivity contribution in [3.63, 3.8) is 0 Å². The third kappa shape index (κ3) is 4.57. The van der Waals surface area contributed by atoms with Crippen molar-refractivity contribution in [2.75, 3.05) is 6.61 Å². The molecule has 1 atom stereocenters. The van der Waals surface area contributed by atoms with Crippen LogP contribution in [0.1, 0.15) is 55.7 Å². The van der Waals surface area contributed by atoms with Gasteiger partial charge in [-0.05, 0) is 59.1 Å². The molecule has 0 saturated carbocycles. The van der Waals surface area contributed by atoms with Gasteiger partial charge < -0.3 is 14.6 Å². The van der Waals surface area contributed by atoms with Gasteiger partial charge in [-0.1, -0.05) is 30.3 Å². The van der Waals surface area contributed by atoms with Gasteiger partial charge in [0.05, 0.1) is 23.6 Å². The fourth-order valence-corrected chi connectivity index (χ4v) is 4.95. The molecule has 0 amide bonds. The normalized spacial score (nSPS) is 14.3. The molecule has 0 fully saturated rings. The largest absolute Gasteiger partial charge is 0.490 e. The summed E-state index contributed by atoms with van der Waals surface area (Å²) >= 11 is 0. The number of aliphatic carboxylic acids is 1. The Morgan fingerprint density at radius 2 is 1.92 bits per heavy atom. The first-order chi connectivity index (χ1) is 17.5. The van der Waals surface area contributed by atoms with Crippen LogP contribution in [0.4, 0.5) is 4.39 Å². The quantitative estimate of drug-likeness (QED) is 0.355. The van der Waals surface area contributed by atoms with Crippen LogP contribution in [0.3, 0.4) is 0 Å². The molecule has 1 N–H and O–H groups in total. The number of rotatable bonds is 5. The number of aromatic nitrogens is 3. The minimum atomic E-state index is -1.34. The Kier molecular flexibility index (Phi) is 6.23. The maximum absolute atomic E-state index is 15.4. The third-order valence-electron chi connectivity index (χ3n) is 6.55. The van der Waals surface area contributed by atoms with Crippen LogP contribution >= 0.6 is 0 Å². The van der Waals surface area contributed by atoms with Gasteiger partial charge in [0, 0.05) is 34.0 Å². The number of nitrogens with zero attached hydrogens (tertiary/aromatic N) is 3. The van der Waals surface area contributed by atoms with Crippen LogP contribution in [0.25, 0.3) is 28.2 Å². The molecule has 5 rings (SSSR count). The minimum Gasteiger partial charge on any atom is -0.490 e. The summed E-state index contributed by atoms with van der Waals surface area (Å²) in [6.45, 7) is 9.52. The number of hydrogen-bond donors (Lipinski definition) is 1. The summed E-state index contributed by atoms with van der Waals surface area (Å²) in [5.74, 6) is -1.37. The second-order valence-electron chi connectivity index (χ2n) is 10.4. The predicted octanol–water partition coefficient (Wildman–Crippen LogP) is 6.09. The number of ether oxygens (including phenoxy) is 2. The van der Waals surface area contributed by atoms with E-state index < -0.39 is 23.5 Å². The highest BCUT2D eigenvalue weighted by Gasteiger charge is 2.34. The van der Waals surface area contributed by atoms with E-state index in [-0.39, 0.29) is 5.75 Å². The van der Waals surface area contributed by atoms with Crippen molar-refractivity contribution in [3.05, 3.63) is 70.7 Å². The number of carbonyl (C=O) groups is 1. The number of hydrogen-bond acceptors (Lipinski definition) is 5. The lowest BCUT2D eigenvalue weighted by Crippen LogP contribution is -2.29. The molecule has 0 radical (unpaired) electrons. The summed E-state index contributed by atoms with van der Waals surface area (Å²) < 4.78 is 28.7. The zero-order chi connectivity index (χ0) is 26.5. The molecule has 2 aromatic carbocycles. The number of benzene rings is 2. The van der Waals surface area contributed by atoms with Crippen LogP contribution in [0.5, 0.6) is 5.75 Å². The van der Waals surface area contributed by atoms with Crippen molar-refractivity contribution >= 4 is 11.6 Å². The zero-order valence-electron chi connectivity index (χ0n) is 21.6. The van der Waals surface area contributed by atoms with Gasteiger partial charge in [-0.3, -0.25) is 0 Å². The van der Waals surface area contributed by atoms with Gasteiger partial charge in [0.15, 0.2) is 23.3 Å². The summed E-state index contributed by atoms with van der Waals surface area (Å²) in [4.78, 5) is 17.3. The van der Waals surface area contributed by atoms with E-state index in [9.17, 15) is 9.90 Å². The highest BCUT2D eigenvalue weighted by atomic mass is 19.1. The number of fused-ring (bicyclic) bond motifs is 2. The molecular weight excluding hydrogens is 473 g/mol. The Balaban J connectivity index is 1.87. The second kappa shape index (κ2) is 9.27. The van der Waals surface area contributed by atoms with Gasteiger partial charge in [0.1, 0.15) is 0 Å². The molecule has 1 aliphatic heterocycles. The fourth-order valence-electron chi connectivity index (χ4n) is 4.95. The van der Waals surface area contributed by atoms with Crippen molar-refractivity contribution in [2.45, 2.75) is 59.2 Å². The lowest BCUT2D eigenvalue weighted by molar-refractivity contribution is -0.160. The summed E-state index contributed by atoms with van der Waals surface area (Å²) in [5, 5.41) is 15.1. The van der Waals surface area contributed by atoms with Crippen molar-refractivity contribution in [3.8, 4) is 28.3 Å². The molecule has 0 saturated heterocycles. The smallest absolute Gasteiger partial charge is 0.337 e. The summed E-state index contributed by atoms with van der Waals surface area (Å²) in [7, 11) is 0. The first-order valence-corrected chi connectivity index (χ1v) is 12.4. The predicted molar refractivity (Wildman–Crippen MR) is 138 cm³/mol. The van der Waals surface area contributed by atoms with Gasteiger partial charge in [-0.2, -0.15) is 5.10 Å². The van der Waals surface area contributed by atoms with Gasteiger partial charge in [0.2, 0.25) is 0 Å². The zero-order valence-corrected chi connectivity index (χ0v) is 21.6. The number of carboxylic acids is 1. The van der Waals surface area contributed by atoms with Crippen LogP contribution in [0, 0.1) is 19.7 Å². The van der Waals surface area contributed by atoms with E-state index in [0.29, 0.717) is 46.9 Å². The van der Waals surface area contributed by atoms with Crippen LogP contribution < -0.4 is 4.74 Å². The number of carboxylic acid groups (broad SMARTS) is 1. The molecule has 0 bridgehead atoms. The Morgan fingerprint density at radius 1 is 1.19 bits per heavy atom. The molecule has 1 aliphatic rings. The first kappa shape index (κ1) is 24.9. The van der Waals surface area contributed by atoms with Gasteiger partial charge in [0.25, 0.3) is 0 Å². The Hall–Kier alpha value is -3.78. The second-order valence-corrected chi connectivity index (χ2v) is 10.4. The number of aryl methyl sites for hydroxylation is 1. The Bertz CT molecular complexity index is 1510. The van der Waals surface area contributed by atoms with E-state index in [0.717, 1.165) is 23.1 Å². The molecule has 7 nitrogen and oxygen atoms in total. The van der Waals surface area contributed by atoms with E-state index in [2.05, 4.69) is 0 Å². The molecule has 37 heavy (non-hydrogen) atoms. The average Bonchev–Trinajstić information content (AvgIpc) is 3.28. The summed E-state index contributed by atoms with van der Waals surface area (Å²) in [6.07, 6.45) is 0.106. The minimum absolute atomic E-state index is 0.266. The van der Waals surface area contributed by atoms with Crippen molar-refractivity contribution in [1.29, 1.82) is 0 Å². The van der Waals surface area contributed by atoms with E-state index >= 15 is 4.39 Å². The SMILES string of the molecule is Cc1nc2cc(-c3ccccc3)nn2c(-c2cc(F)c3c(c2C)CCCO3)c1[C@@H](OC(C)(C)C)C(=O)O. The highest BCUT2D eigenvalue weighted by Crippen LogP contribution is 2.42. The molecule has 0 unspecified atom stereocenters. The van der Waals surface area contributed by atoms with Gasteiger partial charge in [-0.25, -0.2) is 18.7 Å². The van der Waals surface area contributed by atoms with E-state index in [1.165, 1.54) is 6.07 Å².